The highest BCUT2D eigenvalue weighted by atomic mass is 16.5. The molecule has 1 amide bonds. The molecule has 6 nitrogen and oxygen atoms in total. The first-order valence-electron chi connectivity index (χ1n) is 7.97. The zero-order valence-corrected chi connectivity index (χ0v) is 14.2. The first-order chi connectivity index (χ1) is 12.2. The van der Waals surface area contributed by atoms with Crippen molar-refractivity contribution >= 4 is 5.91 Å². The normalized spacial score (nSPS) is 10.5. The molecule has 1 N–H and O–H groups in total. The third kappa shape index (κ3) is 3.85. The second-order valence-electron chi connectivity index (χ2n) is 5.56. The molecule has 1 aromatic carbocycles. The Bertz CT molecular complexity index is 842. The van der Waals surface area contributed by atoms with E-state index in [1.165, 1.54) is 0 Å². The zero-order chi connectivity index (χ0) is 17.6. The second-order valence-corrected chi connectivity index (χ2v) is 5.56. The SMILES string of the molecule is COc1ccc(-c2onc(C)c2C(=O)NCCc2ccncc2)cc1. The number of aryl methyl sites for hydroxylation is 1. The monoisotopic (exact) mass is 337 g/mol. The molecule has 0 unspecified atom stereocenters. The summed E-state index contributed by atoms with van der Waals surface area (Å²) in [6, 6.07) is 11.2. The minimum atomic E-state index is -0.196. The molecule has 3 aromatic rings. The smallest absolute Gasteiger partial charge is 0.257 e. The molecule has 128 valence electrons. The molecule has 2 heterocycles. The van der Waals surface area contributed by atoms with Crippen LogP contribution in [0.1, 0.15) is 21.6 Å². The van der Waals surface area contributed by atoms with Crippen LogP contribution in [0.4, 0.5) is 0 Å². The predicted octanol–water partition coefficient (Wildman–Crippen LogP) is 3.03. The van der Waals surface area contributed by atoms with E-state index in [9.17, 15) is 4.79 Å². The molecule has 0 aliphatic heterocycles. The molecule has 0 spiro atoms. The van der Waals surface area contributed by atoms with Crippen LogP contribution >= 0.6 is 0 Å². The number of carbonyl (C=O) groups is 1. The van der Waals surface area contributed by atoms with E-state index in [0.29, 0.717) is 23.6 Å². The minimum absolute atomic E-state index is 0.196. The van der Waals surface area contributed by atoms with Gasteiger partial charge in [-0.15, -0.1) is 0 Å². The van der Waals surface area contributed by atoms with E-state index in [4.69, 9.17) is 9.26 Å². The number of aromatic nitrogens is 2. The van der Waals surface area contributed by atoms with Gasteiger partial charge in [0.05, 0.1) is 12.8 Å². The summed E-state index contributed by atoms with van der Waals surface area (Å²) in [6.07, 6.45) is 4.21. The fourth-order valence-corrected chi connectivity index (χ4v) is 2.53. The number of rotatable bonds is 6. The van der Waals surface area contributed by atoms with Gasteiger partial charge in [-0.1, -0.05) is 5.16 Å². The lowest BCUT2D eigenvalue weighted by Gasteiger charge is -2.06. The standard InChI is InChI=1S/C19H19N3O3/c1-13-17(19(23)21-12-9-14-7-10-20-11-8-14)18(25-22-13)15-3-5-16(24-2)6-4-15/h3-8,10-11H,9,12H2,1-2H3,(H,21,23). The van der Waals surface area contributed by atoms with Gasteiger partial charge in [0.25, 0.3) is 5.91 Å². The Kier molecular flexibility index (Phi) is 5.09. The number of nitrogens with one attached hydrogen (secondary N) is 1. The van der Waals surface area contributed by atoms with Gasteiger partial charge in [0, 0.05) is 24.5 Å². The van der Waals surface area contributed by atoms with Gasteiger partial charge in [0.2, 0.25) is 0 Å². The van der Waals surface area contributed by atoms with Crippen molar-refractivity contribution < 1.29 is 14.1 Å². The highest BCUT2D eigenvalue weighted by Crippen LogP contribution is 2.27. The van der Waals surface area contributed by atoms with E-state index in [-0.39, 0.29) is 5.91 Å². The van der Waals surface area contributed by atoms with Crippen molar-refractivity contribution in [3.63, 3.8) is 0 Å². The van der Waals surface area contributed by atoms with E-state index in [1.807, 2.05) is 36.4 Å². The van der Waals surface area contributed by atoms with E-state index < -0.39 is 0 Å². The molecule has 3 rings (SSSR count). The Morgan fingerprint density at radius 1 is 1.16 bits per heavy atom. The van der Waals surface area contributed by atoms with E-state index in [0.717, 1.165) is 23.3 Å². The Morgan fingerprint density at radius 3 is 2.56 bits per heavy atom. The molecule has 0 aliphatic rings. The van der Waals surface area contributed by atoms with Crippen LogP contribution in [-0.4, -0.2) is 29.7 Å². The van der Waals surface area contributed by atoms with E-state index >= 15 is 0 Å². The summed E-state index contributed by atoms with van der Waals surface area (Å²) in [4.78, 5) is 16.6. The number of carbonyl (C=O) groups excluding carboxylic acids is 1. The maximum absolute atomic E-state index is 12.6. The summed E-state index contributed by atoms with van der Waals surface area (Å²) in [5, 5.41) is 6.87. The van der Waals surface area contributed by atoms with Gasteiger partial charge in [-0.25, -0.2) is 0 Å². The van der Waals surface area contributed by atoms with Gasteiger partial charge in [0.15, 0.2) is 5.76 Å². The van der Waals surface area contributed by atoms with Gasteiger partial charge in [-0.2, -0.15) is 0 Å². The van der Waals surface area contributed by atoms with Crippen molar-refractivity contribution in [2.45, 2.75) is 13.3 Å². The molecule has 6 heteroatoms. The molecule has 0 aliphatic carbocycles. The third-order valence-corrected chi connectivity index (χ3v) is 3.89. The van der Waals surface area contributed by atoms with E-state index in [1.54, 1.807) is 26.4 Å². The van der Waals surface area contributed by atoms with Gasteiger partial charge in [-0.3, -0.25) is 9.78 Å². The summed E-state index contributed by atoms with van der Waals surface area (Å²) < 4.78 is 10.5. The van der Waals surface area contributed by atoms with Crippen LogP contribution in [0.15, 0.2) is 53.3 Å². The average Bonchev–Trinajstić information content (AvgIpc) is 3.04. The molecule has 0 bridgehead atoms. The number of benzene rings is 1. The van der Waals surface area contributed by atoms with Gasteiger partial charge in [-0.05, 0) is 55.3 Å². The highest BCUT2D eigenvalue weighted by Gasteiger charge is 2.21. The molecule has 0 saturated carbocycles. The Balaban J connectivity index is 1.72. The Labute approximate surface area is 145 Å². The van der Waals surface area contributed by atoms with Crippen LogP contribution < -0.4 is 10.1 Å². The van der Waals surface area contributed by atoms with Crippen molar-refractivity contribution in [1.82, 2.24) is 15.5 Å². The van der Waals surface area contributed by atoms with Crippen LogP contribution in [0.2, 0.25) is 0 Å². The molecule has 2 aromatic heterocycles. The molecular formula is C19H19N3O3. The number of amides is 1. The molecule has 0 saturated heterocycles. The number of nitrogens with zero attached hydrogens (tertiary/aromatic N) is 2. The largest absolute Gasteiger partial charge is 0.497 e. The van der Waals surface area contributed by atoms with Crippen LogP contribution in [0.5, 0.6) is 5.75 Å². The number of ether oxygens (including phenoxy) is 1. The lowest BCUT2D eigenvalue weighted by molar-refractivity contribution is 0.0954. The minimum Gasteiger partial charge on any atom is -0.497 e. The maximum Gasteiger partial charge on any atom is 0.257 e. The Hall–Kier alpha value is -3.15. The number of methoxy groups -OCH3 is 1. The summed E-state index contributed by atoms with van der Waals surface area (Å²) in [7, 11) is 1.61. The molecule has 25 heavy (non-hydrogen) atoms. The first kappa shape index (κ1) is 16.7. The van der Waals surface area contributed by atoms with Crippen molar-refractivity contribution in [2.24, 2.45) is 0 Å². The van der Waals surface area contributed by atoms with Gasteiger partial charge in [0.1, 0.15) is 11.3 Å². The third-order valence-electron chi connectivity index (χ3n) is 3.89. The van der Waals surface area contributed by atoms with Crippen LogP contribution in [0, 0.1) is 6.92 Å². The summed E-state index contributed by atoms with van der Waals surface area (Å²) in [5.41, 5.74) is 2.92. The van der Waals surface area contributed by atoms with Crippen molar-refractivity contribution in [3.8, 4) is 17.1 Å². The van der Waals surface area contributed by atoms with Crippen LogP contribution in [0.25, 0.3) is 11.3 Å². The second kappa shape index (κ2) is 7.61. The average molecular weight is 337 g/mol. The van der Waals surface area contributed by atoms with Crippen LogP contribution in [-0.2, 0) is 6.42 Å². The summed E-state index contributed by atoms with van der Waals surface area (Å²) in [5.74, 6) is 1.00. The molecule has 0 radical (unpaired) electrons. The summed E-state index contributed by atoms with van der Waals surface area (Å²) in [6.45, 7) is 2.28. The molecule has 0 fully saturated rings. The quantitative estimate of drug-likeness (QED) is 0.748. The Morgan fingerprint density at radius 2 is 1.88 bits per heavy atom. The van der Waals surface area contributed by atoms with E-state index in [2.05, 4.69) is 15.5 Å². The molecular weight excluding hydrogens is 318 g/mol. The number of hydrogen-bond acceptors (Lipinski definition) is 5. The summed E-state index contributed by atoms with van der Waals surface area (Å²) >= 11 is 0. The maximum atomic E-state index is 12.6. The van der Waals surface area contributed by atoms with Gasteiger partial charge < -0.3 is 14.6 Å². The lowest BCUT2D eigenvalue weighted by Crippen LogP contribution is -2.26. The fourth-order valence-electron chi connectivity index (χ4n) is 2.53. The first-order valence-corrected chi connectivity index (χ1v) is 7.97. The topological polar surface area (TPSA) is 77.2 Å². The lowest BCUT2D eigenvalue weighted by atomic mass is 10.1. The zero-order valence-electron chi connectivity index (χ0n) is 14.2. The van der Waals surface area contributed by atoms with Crippen molar-refractivity contribution in [3.05, 3.63) is 65.6 Å². The fraction of sp³-hybridized carbons (Fsp3) is 0.211. The van der Waals surface area contributed by atoms with Crippen molar-refractivity contribution in [2.75, 3.05) is 13.7 Å². The number of pyridine rings is 1. The van der Waals surface area contributed by atoms with Crippen molar-refractivity contribution in [1.29, 1.82) is 0 Å². The van der Waals surface area contributed by atoms with Crippen LogP contribution in [0.3, 0.4) is 0 Å². The number of hydrogen-bond donors (Lipinski definition) is 1. The van der Waals surface area contributed by atoms with Gasteiger partial charge >= 0.3 is 0 Å². The molecule has 0 atom stereocenters. The predicted molar refractivity (Wildman–Crippen MR) is 93.5 cm³/mol. The highest BCUT2D eigenvalue weighted by molar-refractivity contribution is 6.00.